The lowest BCUT2D eigenvalue weighted by Crippen LogP contribution is -2.17. The molecule has 0 radical (unpaired) electrons. The Morgan fingerprint density at radius 1 is 1.05 bits per heavy atom. The summed E-state index contributed by atoms with van der Waals surface area (Å²) in [5.74, 6) is 1.08. The van der Waals surface area contributed by atoms with E-state index in [1.807, 2.05) is 42.3 Å². The highest BCUT2D eigenvalue weighted by atomic mass is 16.3. The Balaban J connectivity index is 1.89. The second-order valence-electron chi connectivity index (χ2n) is 4.55. The average Bonchev–Trinajstić information content (AvgIpc) is 2.49. The maximum absolute atomic E-state index is 9.81. The molecule has 0 unspecified atom stereocenters. The molecule has 0 aliphatic rings. The van der Waals surface area contributed by atoms with Gasteiger partial charge < -0.3 is 10.0 Å². The Morgan fingerprint density at radius 2 is 1.85 bits per heavy atom. The number of aromatic hydroxyl groups is 1. The second-order valence-corrected chi connectivity index (χ2v) is 4.55. The minimum Gasteiger partial charge on any atom is -0.508 e. The van der Waals surface area contributed by atoms with E-state index in [2.05, 4.69) is 15.0 Å². The summed E-state index contributed by atoms with van der Waals surface area (Å²) in [6, 6.07) is 11.1. The molecule has 3 aromatic rings. The monoisotopic (exact) mass is 266 g/mol. The zero-order valence-corrected chi connectivity index (χ0v) is 11.1. The molecule has 0 fully saturated rings. The molecule has 0 spiro atoms. The van der Waals surface area contributed by atoms with Crippen molar-refractivity contribution in [1.82, 2.24) is 15.0 Å². The Hall–Kier alpha value is -2.69. The summed E-state index contributed by atoms with van der Waals surface area (Å²) < 4.78 is 0. The van der Waals surface area contributed by atoms with Crippen LogP contribution in [0.3, 0.4) is 0 Å². The lowest BCUT2D eigenvalue weighted by Gasteiger charge is -2.18. The van der Waals surface area contributed by atoms with Gasteiger partial charge in [0.1, 0.15) is 17.1 Å². The van der Waals surface area contributed by atoms with E-state index < -0.39 is 0 Å². The van der Waals surface area contributed by atoms with E-state index in [1.165, 1.54) is 0 Å². The van der Waals surface area contributed by atoms with Gasteiger partial charge in [0.2, 0.25) is 0 Å². The number of para-hydroxylation sites is 1. The molecule has 0 saturated carbocycles. The van der Waals surface area contributed by atoms with E-state index in [4.69, 9.17) is 0 Å². The number of phenols is 1. The Morgan fingerprint density at radius 3 is 2.70 bits per heavy atom. The van der Waals surface area contributed by atoms with Gasteiger partial charge in [0.05, 0.1) is 0 Å². The van der Waals surface area contributed by atoms with E-state index >= 15 is 0 Å². The molecule has 5 heteroatoms. The van der Waals surface area contributed by atoms with Gasteiger partial charge >= 0.3 is 0 Å². The van der Waals surface area contributed by atoms with Crippen LogP contribution in [-0.4, -0.2) is 27.1 Å². The number of phenolic OH excluding ortho intramolecular Hbond substituents is 1. The summed E-state index contributed by atoms with van der Waals surface area (Å²) in [5.41, 5.74) is 2.25. The summed E-state index contributed by atoms with van der Waals surface area (Å²) in [6.07, 6.45) is 3.28. The molecule has 0 aliphatic carbocycles. The van der Waals surface area contributed by atoms with Crippen molar-refractivity contribution in [2.45, 2.75) is 6.54 Å². The van der Waals surface area contributed by atoms with Crippen LogP contribution in [0.1, 0.15) is 5.56 Å². The van der Waals surface area contributed by atoms with Gasteiger partial charge in [-0.05, 0) is 18.2 Å². The van der Waals surface area contributed by atoms with Gasteiger partial charge in [-0.15, -0.1) is 0 Å². The molecule has 0 aliphatic heterocycles. The topological polar surface area (TPSA) is 62.1 Å². The lowest BCUT2D eigenvalue weighted by atomic mass is 10.2. The van der Waals surface area contributed by atoms with Crippen LogP contribution < -0.4 is 4.90 Å². The van der Waals surface area contributed by atoms with Crippen LogP contribution in [-0.2, 0) is 6.54 Å². The first kappa shape index (κ1) is 12.3. The van der Waals surface area contributed by atoms with Crippen molar-refractivity contribution in [2.75, 3.05) is 11.9 Å². The van der Waals surface area contributed by atoms with Crippen molar-refractivity contribution in [3.8, 4) is 5.75 Å². The number of hydrogen-bond acceptors (Lipinski definition) is 5. The molecule has 0 saturated heterocycles. The van der Waals surface area contributed by atoms with Crippen LogP contribution in [0.15, 0.2) is 48.8 Å². The van der Waals surface area contributed by atoms with Crippen LogP contribution in [0.2, 0.25) is 0 Å². The van der Waals surface area contributed by atoms with Gasteiger partial charge in [0.15, 0.2) is 5.65 Å². The number of rotatable bonds is 3. The highest BCUT2D eigenvalue weighted by Crippen LogP contribution is 2.20. The Labute approximate surface area is 116 Å². The second kappa shape index (κ2) is 5.13. The molecule has 20 heavy (non-hydrogen) atoms. The molecule has 0 bridgehead atoms. The number of aromatic nitrogens is 3. The van der Waals surface area contributed by atoms with Crippen molar-refractivity contribution in [1.29, 1.82) is 0 Å². The first-order chi connectivity index (χ1) is 9.74. The maximum atomic E-state index is 9.81. The fraction of sp³-hybridized carbons (Fsp3) is 0.133. The summed E-state index contributed by atoms with van der Waals surface area (Å²) in [4.78, 5) is 14.8. The fourth-order valence-electron chi connectivity index (χ4n) is 2.04. The standard InChI is InChI=1S/C15H14N4O/c1-19(10-11-4-2-3-5-13(11)20)14-7-6-12-15(18-14)17-9-8-16-12/h2-9,20H,10H2,1H3. The van der Waals surface area contributed by atoms with E-state index in [0.29, 0.717) is 17.9 Å². The molecule has 2 aromatic heterocycles. The van der Waals surface area contributed by atoms with E-state index in [9.17, 15) is 5.11 Å². The largest absolute Gasteiger partial charge is 0.508 e. The van der Waals surface area contributed by atoms with Crippen LogP contribution in [0.5, 0.6) is 5.75 Å². The predicted molar refractivity (Wildman–Crippen MR) is 77.5 cm³/mol. The molecule has 5 nitrogen and oxygen atoms in total. The molecule has 2 heterocycles. The molecular weight excluding hydrogens is 252 g/mol. The van der Waals surface area contributed by atoms with Gasteiger partial charge in [-0.2, -0.15) is 0 Å². The van der Waals surface area contributed by atoms with Crippen LogP contribution >= 0.6 is 0 Å². The zero-order chi connectivity index (χ0) is 13.9. The SMILES string of the molecule is CN(Cc1ccccc1O)c1ccc2nccnc2n1. The number of fused-ring (bicyclic) bond motifs is 1. The van der Waals surface area contributed by atoms with Gasteiger partial charge in [0, 0.05) is 31.5 Å². The third kappa shape index (κ3) is 2.38. The molecule has 100 valence electrons. The number of pyridine rings is 1. The molecule has 1 aromatic carbocycles. The molecular formula is C15H14N4O. The lowest BCUT2D eigenvalue weighted by molar-refractivity contribution is 0.467. The zero-order valence-electron chi connectivity index (χ0n) is 11.1. The van der Waals surface area contributed by atoms with Crippen molar-refractivity contribution in [2.24, 2.45) is 0 Å². The van der Waals surface area contributed by atoms with E-state index in [-0.39, 0.29) is 0 Å². The summed E-state index contributed by atoms with van der Waals surface area (Å²) in [7, 11) is 1.93. The predicted octanol–water partition coefficient (Wildman–Crippen LogP) is 2.37. The third-order valence-electron chi connectivity index (χ3n) is 3.11. The molecule has 3 rings (SSSR count). The molecule has 1 N–H and O–H groups in total. The van der Waals surface area contributed by atoms with Crippen molar-refractivity contribution in [3.05, 3.63) is 54.4 Å². The summed E-state index contributed by atoms with van der Waals surface area (Å²) >= 11 is 0. The summed E-state index contributed by atoms with van der Waals surface area (Å²) in [5, 5.41) is 9.81. The highest BCUT2D eigenvalue weighted by Gasteiger charge is 2.08. The maximum Gasteiger partial charge on any atom is 0.180 e. The summed E-state index contributed by atoms with van der Waals surface area (Å²) in [6.45, 7) is 0.575. The first-order valence-corrected chi connectivity index (χ1v) is 6.30. The quantitative estimate of drug-likeness (QED) is 0.788. The van der Waals surface area contributed by atoms with Gasteiger partial charge in [-0.3, -0.25) is 4.98 Å². The van der Waals surface area contributed by atoms with Gasteiger partial charge in [-0.25, -0.2) is 9.97 Å². The van der Waals surface area contributed by atoms with Crippen molar-refractivity contribution in [3.63, 3.8) is 0 Å². The Kier molecular flexibility index (Phi) is 3.16. The molecule has 0 amide bonds. The fourth-order valence-corrected chi connectivity index (χ4v) is 2.04. The number of hydrogen-bond donors (Lipinski definition) is 1. The van der Waals surface area contributed by atoms with Crippen LogP contribution in [0.4, 0.5) is 5.82 Å². The third-order valence-corrected chi connectivity index (χ3v) is 3.11. The average molecular weight is 266 g/mol. The normalized spacial score (nSPS) is 10.7. The minimum atomic E-state index is 0.292. The number of anilines is 1. The van der Waals surface area contributed by atoms with Gasteiger partial charge in [-0.1, -0.05) is 18.2 Å². The van der Waals surface area contributed by atoms with Crippen molar-refractivity contribution < 1.29 is 5.11 Å². The van der Waals surface area contributed by atoms with E-state index in [1.54, 1.807) is 18.5 Å². The number of benzene rings is 1. The first-order valence-electron chi connectivity index (χ1n) is 6.30. The van der Waals surface area contributed by atoms with Crippen LogP contribution in [0.25, 0.3) is 11.2 Å². The minimum absolute atomic E-state index is 0.292. The molecule has 0 atom stereocenters. The highest BCUT2D eigenvalue weighted by molar-refractivity contribution is 5.71. The van der Waals surface area contributed by atoms with E-state index in [0.717, 1.165) is 16.9 Å². The van der Waals surface area contributed by atoms with Crippen LogP contribution in [0, 0.1) is 0 Å². The Bertz CT molecular complexity index is 745. The van der Waals surface area contributed by atoms with Gasteiger partial charge in [0.25, 0.3) is 0 Å². The smallest absolute Gasteiger partial charge is 0.180 e. The number of nitrogens with zero attached hydrogens (tertiary/aromatic N) is 4. The van der Waals surface area contributed by atoms with Crippen molar-refractivity contribution >= 4 is 17.0 Å².